The number of carbonyl (C=O) groups excluding carboxylic acids is 1. The van der Waals surface area contributed by atoms with Crippen LogP contribution in [-0.4, -0.2) is 37.8 Å². The van der Waals surface area contributed by atoms with E-state index in [2.05, 4.69) is 16.3 Å². The molecule has 0 N–H and O–H groups in total. The van der Waals surface area contributed by atoms with Gasteiger partial charge in [0.25, 0.3) is 5.92 Å². The molecule has 152 valence electrons. The van der Waals surface area contributed by atoms with E-state index in [4.69, 9.17) is 0 Å². The predicted molar refractivity (Wildman–Crippen MR) is 103 cm³/mol. The molecule has 0 unspecified atom stereocenters. The van der Waals surface area contributed by atoms with Crippen molar-refractivity contribution in [3.05, 3.63) is 36.9 Å². The highest BCUT2D eigenvalue weighted by Crippen LogP contribution is 2.53. The van der Waals surface area contributed by atoms with Crippen LogP contribution in [0.25, 0.3) is 16.6 Å². The highest BCUT2D eigenvalue weighted by atomic mass is 19.3. The van der Waals surface area contributed by atoms with Gasteiger partial charge in [-0.05, 0) is 37.3 Å². The molecule has 3 fully saturated rings. The van der Waals surface area contributed by atoms with Crippen LogP contribution in [0.5, 0.6) is 0 Å². The first-order valence-corrected chi connectivity index (χ1v) is 10.1. The Morgan fingerprint density at radius 2 is 2.00 bits per heavy atom. The quantitative estimate of drug-likeness (QED) is 0.663. The van der Waals surface area contributed by atoms with Gasteiger partial charge in [0, 0.05) is 42.7 Å². The predicted octanol–water partition coefficient (Wildman–Crippen LogP) is 3.43. The monoisotopic (exact) mass is 408 g/mol. The normalized spacial score (nSPS) is 27.6. The first kappa shape index (κ1) is 17.6. The summed E-state index contributed by atoms with van der Waals surface area (Å²) in [4.78, 5) is 14.9. The molecule has 2 saturated carbocycles. The number of fused-ring (bicyclic) bond motifs is 1. The van der Waals surface area contributed by atoms with Crippen molar-refractivity contribution in [2.75, 3.05) is 11.4 Å². The van der Waals surface area contributed by atoms with E-state index in [9.17, 15) is 18.8 Å². The van der Waals surface area contributed by atoms with Crippen LogP contribution >= 0.6 is 0 Å². The molecule has 1 aliphatic heterocycles. The molecule has 7 nitrogen and oxygen atoms in total. The van der Waals surface area contributed by atoms with Crippen LogP contribution in [0.3, 0.4) is 0 Å². The Kier molecular flexibility index (Phi) is 3.31. The average Bonchev–Trinajstić information content (AvgIpc) is 3.49. The number of anilines is 1. The summed E-state index contributed by atoms with van der Waals surface area (Å²) in [5.41, 5.74) is 2.03. The zero-order valence-electron chi connectivity index (χ0n) is 16.0. The summed E-state index contributed by atoms with van der Waals surface area (Å²) in [7, 11) is 0. The summed E-state index contributed by atoms with van der Waals surface area (Å²) >= 11 is 0. The second kappa shape index (κ2) is 5.65. The van der Waals surface area contributed by atoms with E-state index in [0.717, 1.165) is 23.9 Å². The van der Waals surface area contributed by atoms with Gasteiger partial charge in [-0.2, -0.15) is 15.5 Å². The fourth-order valence-corrected chi connectivity index (χ4v) is 4.65. The first-order chi connectivity index (χ1) is 14.4. The van der Waals surface area contributed by atoms with Crippen LogP contribution < -0.4 is 4.90 Å². The van der Waals surface area contributed by atoms with Crippen molar-refractivity contribution >= 4 is 17.1 Å². The van der Waals surface area contributed by atoms with Crippen molar-refractivity contribution in [1.29, 1.82) is 5.26 Å². The molecular formula is C21H18F2N6O. The van der Waals surface area contributed by atoms with E-state index < -0.39 is 17.4 Å². The highest BCUT2D eigenvalue weighted by molar-refractivity contribution is 6.05. The molecule has 3 aliphatic rings. The number of alkyl halides is 2. The van der Waals surface area contributed by atoms with Gasteiger partial charge in [0.2, 0.25) is 5.91 Å². The van der Waals surface area contributed by atoms with Gasteiger partial charge in [0.15, 0.2) is 0 Å². The largest absolute Gasteiger partial charge is 0.309 e. The summed E-state index contributed by atoms with van der Waals surface area (Å²) in [5, 5.41) is 18.2. The van der Waals surface area contributed by atoms with Crippen LogP contribution in [-0.2, 0) is 4.79 Å². The fourth-order valence-electron chi connectivity index (χ4n) is 4.65. The second-order valence-corrected chi connectivity index (χ2v) is 8.53. The standard InChI is InChI=1S/C21H18F2N6O/c22-21(23)8-18(21)29-11-14(9-26-29)13-7-17-16(3-5-25-28(17)10-13)27-6-4-20(12-24,19(27)30)15-1-2-15/h3,5,7,9-11,15,18H,1-2,4,6,8H2/t18-,20-/m1/s1. The number of halogens is 2. The number of amides is 1. The van der Waals surface area contributed by atoms with E-state index in [-0.39, 0.29) is 18.2 Å². The average molecular weight is 408 g/mol. The third kappa shape index (κ3) is 2.36. The molecule has 0 radical (unpaired) electrons. The minimum absolute atomic E-state index is 0.132. The van der Waals surface area contributed by atoms with Crippen molar-refractivity contribution in [1.82, 2.24) is 19.4 Å². The molecule has 3 aromatic rings. The lowest BCUT2D eigenvalue weighted by atomic mass is 9.83. The Bertz CT molecular complexity index is 1240. The lowest BCUT2D eigenvalue weighted by Crippen LogP contribution is -2.35. The van der Waals surface area contributed by atoms with Crippen LogP contribution in [0.15, 0.2) is 36.9 Å². The molecule has 4 heterocycles. The summed E-state index contributed by atoms with van der Waals surface area (Å²) in [6.45, 7) is 0.498. The lowest BCUT2D eigenvalue weighted by Gasteiger charge is -2.21. The van der Waals surface area contributed by atoms with Crippen molar-refractivity contribution in [3.8, 4) is 17.2 Å². The number of nitrogens with zero attached hydrogens (tertiary/aromatic N) is 6. The van der Waals surface area contributed by atoms with E-state index in [1.54, 1.807) is 40.3 Å². The minimum atomic E-state index is -2.69. The molecule has 0 bridgehead atoms. The molecule has 3 aromatic heterocycles. The molecule has 1 saturated heterocycles. The summed E-state index contributed by atoms with van der Waals surface area (Å²) < 4.78 is 29.7. The van der Waals surface area contributed by atoms with Gasteiger partial charge >= 0.3 is 0 Å². The van der Waals surface area contributed by atoms with Crippen LogP contribution in [0.4, 0.5) is 14.5 Å². The maximum Gasteiger partial charge on any atom is 0.272 e. The molecule has 0 spiro atoms. The van der Waals surface area contributed by atoms with Gasteiger partial charge < -0.3 is 4.90 Å². The van der Waals surface area contributed by atoms with Crippen LogP contribution in [0, 0.1) is 22.7 Å². The third-order valence-corrected chi connectivity index (χ3v) is 6.65. The number of rotatable bonds is 4. The zero-order valence-corrected chi connectivity index (χ0v) is 16.0. The molecule has 9 heteroatoms. The number of carbonyl (C=O) groups is 1. The Hall–Kier alpha value is -3.28. The van der Waals surface area contributed by atoms with E-state index in [0.29, 0.717) is 24.2 Å². The SMILES string of the molecule is N#C[C@@]1(C2CC2)CCN(c2ccnn3cc(-c4cnn([C@@H]5CC5(F)F)c4)cc23)C1=O. The van der Waals surface area contributed by atoms with Gasteiger partial charge in [-0.1, -0.05) is 0 Å². The number of nitriles is 1. The number of hydrogen-bond donors (Lipinski definition) is 0. The molecule has 30 heavy (non-hydrogen) atoms. The van der Waals surface area contributed by atoms with Gasteiger partial charge in [-0.25, -0.2) is 13.3 Å². The summed E-state index contributed by atoms with van der Waals surface area (Å²) in [6.07, 6.45) is 8.82. The van der Waals surface area contributed by atoms with Crippen molar-refractivity contribution in [2.45, 2.75) is 37.6 Å². The van der Waals surface area contributed by atoms with Gasteiger partial charge in [0.1, 0.15) is 11.5 Å². The first-order valence-electron chi connectivity index (χ1n) is 10.1. The topological polar surface area (TPSA) is 79.2 Å². The van der Waals surface area contributed by atoms with Gasteiger partial charge in [-0.15, -0.1) is 0 Å². The van der Waals surface area contributed by atoms with Crippen LogP contribution in [0.1, 0.15) is 31.7 Å². The van der Waals surface area contributed by atoms with E-state index in [1.165, 1.54) is 4.68 Å². The number of aromatic nitrogens is 4. The third-order valence-electron chi connectivity index (χ3n) is 6.65. The molecule has 1 amide bonds. The molecular weight excluding hydrogens is 390 g/mol. The molecule has 0 aromatic carbocycles. The lowest BCUT2D eigenvalue weighted by molar-refractivity contribution is -0.123. The Labute approximate surface area is 170 Å². The summed E-state index contributed by atoms with van der Waals surface area (Å²) in [6, 6.07) is 5.10. The van der Waals surface area contributed by atoms with E-state index in [1.807, 2.05) is 6.07 Å². The minimum Gasteiger partial charge on any atom is -0.309 e. The maximum absolute atomic E-state index is 13.3. The Morgan fingerprint density at radius 1 is 1.20 bits per heavy atom. The smallest absolute Gasteiger partial charge is 0.272 e. The van der Waals surface area contributed by atoms with Crippen molar-refractivity contribution in [2.24, 2.45) is 11.3 Å². The highest BCUT2D eigenvalue weighted by Gasteiger charge is 2.59. The van der Waals surface area contributed by atoms with Crippen molar-refractivity contribution < 1.29 is 13.6 Å². The molecule has 2 aliphatic carbocycles. The number of hydrogen-bond acceptors (Lipinski definition) is 4. The van der Waals surface area contributed by atoms with E-state index >= 15 is 0 Å². The Morgan fingerprint density at radius 3 is 2.70 bits per heavy atom. The van der Waals surface area contributed by atoms with Gasteiger partial charge in [0.05, 0.1) is 23.5 Å². The Balaban J connectivity index is 1.36. The molecule has 6 rings (SSSR count). The molecule has 2 atom stereocenters. The summed E-state index contributed by atoms with van der Waals surface area (Å²) in [5.74, 6) is -2.66. The maximum atomic E-state index is 13.3. The van der Waals surface area contributed by atoms with Crippen LogP contribution in [0.2, 0.25) is 0 Å². The van der Waals surface area contributed by atoms with Crippen molar-refractivity contribution in [3.63, 3.8) is 0 Å². The fraction of sp³-hybridized carbons (Fsp3) is 0.429. The second-order valence-electron chi connectivity index (χ2n) is 8.53. The van der Waals surface area contributed by atoms with Gasteiger partial charge in [-0.3, -0.25) is 9.48 Å². The zero-order chi connectivity index (χ0) is 20.7.